The van der Waals surface area contributed by atoms with E-state index < -0.39 is 24.0 Å². The minimum absolute atomic E-state index is 0.0351. The fourth-order valence-corrected chi connectivity index (χ4v) is 7.04. The summed E-state index contributed by atoms with van der Waals surface area (Å²) in [6, 6.07) is 8.11. The third-order valence-electron chi connectivity index (χ3n) is 10.4. The number of carboxylic acids is 1. The number of rotatable bonds is 38. The van der Waals surface area contributed by atoms with Crippen molar-refractivity contribution in [2.75, 3.05) is 6.54 Å². The van der Waals surface area contributed by atoms with E-state index >= 15 is 0 Å². The predicted octanol–water partition coefficient (Wildman–Crippen LogP) is 11.6. The van der Waals surface area contributed by atoms with E-state index in [1.54, 1.807) is 0 Å². The number of amides is 2. The van der Waals surface area contributed by atoms with Crippen LogP contribution in [-0.4, -0.2) is 47.6 Å². The average molecular weight is 757 g/mol. The second-order valence-electron chi connectivity index (χ2n) is 15.6. The number of aliphatic carboxylic acids is 1. The smallest absolute Gasteiger partial charge is 0.326 e. The van der Waals surface area contributed by atoms with Crippen LogP contribution >= 0.6 is 0 Å². The van der Waals surface area contributed by atoms with Gasteiger partial charge in [0, 0.05) is 25.8 Å². The molecule has 0 aliphatic heterocycles. The molecule has 0 saturated heterocycles. The van der Waals surface area contributed by atoms with Crippen LogP contribution in [0, 0.1) is 0 Å². The van der Waals surface area contributed by atoms with Crippen LogP contribution in [0.25, 0.3) is 0 Å². The van der Waals surface area contributed by atoms with Gasteiger partial charge in [-0.25, -0.2) is 4.79 Å². The van der Waals surface area contributed by atoms with Crippen molar-refractivity contribution in [3.05, 3.63) is 35.9 Å². The zero-order chi connectivity index (χ0) is 39.3. The van der Waals surface area contributed by atoms with Crippen molar-refractivity contribution in [2.24, 2.45) is 0 Å². The van der Waals surface area contributed by atoms with Crippen molar-refractivity contribution in [3.63, 3.8) is 0 Å². The van der Waals surface area contributed by atoms with Gasteiger partial charge in [-0.3, -0.25) is 14.4 Å². The molecule has 0 heterocycles. The molecule has 1 unspecified atom stereocenters. The molecular formula is C46H80N2O6. The first-order chi connectivity index (χ1) is 26.3. The number of nitrogens with one attached hydrogen (secondary N) is 2. The summed E-state index contributed by atoms with van der Waals surface area (Å²) in [6.45, 7) is 4.60. The summed E-state index contributed by atoms with van der Waals surface area (Å²) in [5.41, 5.74) is 0.816. The van der Waals surface area contributed by atoms with Gasteiger partial charge < -0.3 is 20.5 Å². The Labute approximate surface area is 330 Å². The summed E-state index contributed by atoms with van der Waals surface area (Å²) >= 11 is 0. The molecule has 0 aliphatic carbocycles. The Kier molecular flexibility index (Phi) is 32.5. The zero-order valence-corrected chi connectivity index (χ0v) is 34.7. The zero-order valence-electron chi connectivity index (χ0n) is 34.7. The molecule has 0 bridgehead atoms. The number of carbonyl (C=O) groups is 4. The van der Waals surface area contributed by atoms with Crippen LogP contribution in [0.3, 0.4) is 0 Å². The van der Waals surface area contributed by atoms with Crippen molar-refractivity contribution in [1.29, 1.82) is 0 Å². The molecule has 1 rings (SSSR count). The van der Waals surface area contributed by atoms with Gasteiger partial charge in [-0.15, -0.1) is 0 Å². The number of benzene rings is 1. The SMILES string of the molecule is CCCCCCCCCCCCCCCC(=O)OC(CCCCCCCCCCCCCCC)CC(=O)NCCC(=O)N[C@@H](Cc1ccccc1)C(=O)O. The summed E-state index contributed by atoms with van der Waals surface area (Å²) in [7, 11) is 0. The molecule has 54 heavy (non-hydrogen) atoms. The van der Waals surface area contributed by atoms with Crippen molar-refractivity contribution in [2.45, 2.75) is 225 Å². The first kappa shape index (κ1) is 49.1. The van der Waals surface area contributed by atoms with E-state index in [0.29, 0.717) is 12.8 Å². The fraction of sp³-hybridized carbons (Fsp3) is 0.783. The van der Waals surface area contributed by atoms with Crippen LogP contribution in [0.5, 0.6) is 0 Å². The number of hydrogen-bond donors (Lipinski definition) is 3. The van der Waals surface area contributed by atoms with Crippen molar-refractivity contribution in [1.82, 2.24) is 10.6 Å². The van der Waals surface area contributed by atoms with Gasteiger partial charge in [0.1, 0.15) is 12.1 Å². The summed E-state index contributed by atoms with van der Waals surface area (Å²) in [4.78, 5) is 49.9. The van der Waals surface area contributed by atoms with Crippen molar-refractivity contribution < 1.29 is 29.0 Å². The lowest BCUT2D eigenvalue weighted by Crippen LogP contribution is -2.43. The second kappa shape index (κ2) is 35.8. The van der Waals surface area contributed by atoms with E-state index in [1.165, 1.54) is 128 Å². The van der Waals surface area contributed by atoms with Gasteiger partial charge in [-0.05, 0) is 24.8 Å². The number of carbonyl (C=O) groups excluding carboxylic acids is 3. The third kappa shape index (κ3) is 30.4. The second-order valence-corrected chi connectivity index (χ2v) is 15.6. The molecule has 310 valence electrons. The molecule has 2 atom stereocenters. The van der Waals surface area contributed by atoms with Gasteiger partial charge in [0.2, 0.25) is 11.8 Å². The molecule has 0 radical (unpaired) electrons. The minimum atomic E-state index is -1.10. The molecule has 8 nitrogen and oxygen atoms in total. The van der Waals surface area contributed by atoms with Gasteiger partial charge in [-0.2, -0.15) is 0 Å². The average Bonchev–Trinajstić information content (AvgIpc) is 3.15. The Balaban J connectivity index is 2.39. The Morgan fingerprint density at radius 2 is 1.02 bits per heavy atom. The molecular weight excluding hydrogens is 677 g/mol. The number of hydrogen-bond acceptors (Lipinski definition) is 5. The van der Waals surface area contributed by atoms with E-state index in [-0.39, 0.29) is 37.7 Å². The number of carboxylic acid groups (broad SMARTS) is 1. The van der Waals surface area contributed by atoms with Crippen LogP contribution in [-0.2, 0) is 30.3 Å². The number of esters is 1. The van der Waals surface area contributed by atoms with E-state index in [1.807, 2.05) is 30.3 Å². The van der Waals surface area contributed by atoms with Crippen LogP contribution in [0.1, 0.15) is 212 Å². The number of unbranched alkanes of at least 4 members (excludes halogenated alkanes) is 24. The fourth-order valence-electron chi connectivity index (χ4n) is 7.04. The summed E-state index contributed by atoms with van der Waals surface area (Å²) in [6.07, 6.45) is 33.3. The van der Waals surface area contributed by atoms with Gasteiger partial charge in [-0.1, -0.05) is 198 Å². The van der Waals surface area contributed by atoms with E-state index in [2.05, 4.69) is 24.5 Å². The first-order valence-corrected chi connectivity index (χ1v) is 22.4. The van der Waals surface area contributed by atoms with E-state index in [0.717, 1.165) is 44.1 Å². The van der Waals surface area contributed by atoms with Gasteiger partial charge in [0.15, 0.2) is 0 Å². The lowest BCUT2D eigenvalue weighted by molar-refractivity contribution is -0.151. The predicted molar refractivity (Wildman–Crippen MR) is 222 cm³/mol. The van der Waals surface area contributed by atoms with E-state index in [4.69, 9.17) is 4.74 Å². The Morgan fingerprint density at radius 1 is 0.574 bits per heavy atom. The lowest BCUT2D eigenvalue weighted by Gasteiger charge is -2.18. The molecule has 0 spiro atoms. The third-order valence-corrected chi connectivity index (χ3v) is 10.4. The maximum Gasteiger partial charge on any atom is 0.326 e. The highest BCUT2D eigenvalue weighted by Crippen LogP contribution is 2.17. The van der Waals surface area contributed by atoms with Crippen molar-refractivity contribution in [3.8, 4) is 0 Å². The largest absolute Gasteiger partial charge is 0.480 e. The Hall–Kier alpha value is -2.90. The highest BCUT2D eigenvalue weighted by atomic mass is 16.5. The van der Waals surface area contributed by atoms with Crippen LogP contribution in [0.4, 0.5) is 0 Å². The Morgan fingerprint density at radius 3 is 1.48 bits per heavy atom. The molecule has 1 aromatic carbocycles. The maximum absolute atomic E-state index is 12.9. The molecule has 0 aliphatic rings. The quantitative estimate of drug-likeness (QED) is 0.0456. The normalized spacial score (nSPS) is 12.3. The van der Waals surface area contributed by atoms with Crippen molar-refractivity contribution >= 4 is 23.8 Å². The van der Waals surface area contributed by atoms with Gasteiger partial charge in [0.25, 0.3) is 0 Å². The molecule has 2 amide bonds. The molecule has 3 N–H and O–H groups in total. The highest BCUT2D eigenvalue weighted by molar-refractivity contribution is 5.84. The molecule has 0 fully saturated rings. The topological polar surface area (TPSA) is 122 Å². The van der Waals surface area contributed by atoms with Gasteiger partial charge >= 0.3 is 11.9 Å². The minimum Gasteiger partial charge on any atom is -0.480 e. The monoisotopic (exact) mass is 757 g/mol. The number of ether oxygens (including phenoxy) is 1. The molecule has 0 saturated carbocycles. The first-order valence-electron chi connectivity index (χ1n) is 22.4. The van der Waals surface area contributed by atoms with Gasteiger partial charge in [0.05, 0.1) is 6.42 Å². The maximum atomic E-state index is 12.9. The Bertz CT molecular complexity index is 1060. The molecule has 8 heteroatoms. The summed E-state index contributed by atoms with van der Waals surface area (Å²) < 4.78 is 5.85. The van der Waals surface area contributed by atoms with Crippen LogP contribution < -0.4 is 10.6 Å². The summed E-state index contributed by atoms with van der Waals surface area (Å²) in [5.74, 6) is -2.04. The molecule has 1 aromatic rings. The summed E-state index contributed by atoms with van der Waals surface area (Å²) in [5, 5.41) is 14.9. The molecule has 0 aromatic heterocycles. The lowest BCUT2D eigenvalue weighted by atomic mass is 10.0. The van der Waals surface area contributed by atoms with Crippen LogP contribution in [0.15, 0.2) is 30.3 Å². The highest BCUT2D eigenvalue weighted by Gasteiger charge is 2.21. The van der Waals surface area contributed by atoms with E-state index in [9.17, 15) is 24.3 Å². The standard InChI is InChI=1S/C46H80N2O6/c1-3-5-7-9-11-13-15-17-19-21-23-25-30-34-41(54-45(51)35-31-26-24-22-20-18-16-14-12-10-8-6-4-2)39-44(50)47-37-36-43(49)48-42(46(52)53)38-40-32-28-27-29-33-40/h27-29,32-33,41-42H,3-26,30-31,34-39H2,1-2H3,(H,47,50)(H,48,49)(H,52,53)/t41?,42-/m0/s1. The van der Waals surface area contributed by atoms with Crippen LogP contribution in [0.2, 0.25) is 0 Å².